The number of aromatic nitrogens is 1. The number of carbonyl (C=O) groups is 1. The Labute approximate surface area is 146 Å². The predicted octanol–water partition coefficient (Wildman–Crippen LogP) is 2.33. The average Bonchev–Trinajstić information content (AvgIpc) is 2.89. The van der Waals surface area contributed by atoms with Gasteiger partial charge in [-0.05, 0) is 18.9 Å². The highest BCUT2D eigenvalue weighted by molar-refractivity contribution is 7.11. The summed E-state index contributed by atoms with van der Waals surface area (Å²) in [6.07, 6.45) is 0.433. The van der Waals surface area contributed by atoms with Crippen LogP contribution in [0.5, 0.6) is 0 Å². The van der Waals surface area contributed by atoms with E-state index in [2.05, 4.69) is 9.88 Å². The van der Waals surface area contributed by atoms with E-state index in [-0.39, 0.29) is 5.91 Å². The summed E-state index contributed by atoms with van der Waals surface area (Å²) in [7, 11) is 0. The van der Waals surface area contributed by atoms with Crippen LogP contribution in [-0.2, 0) is 0 Å². The number of carbonyl (C=O) groups excluding carboxylic acids is 1. The average molecular weight is 345 g/mol. The minimum absolute atomic E-state index is 0.0838. The van der Waals surface area contributed by atoms with Gasteiger partial charge in [-0.25, -0.2) is 4.98 Å². The van der Waals surface area contributed by atoms with Crippen molar-refractivity contribution in [2.75, 3.05) is 32.7 Å². The fourth-order valence-corrected chi connectivity index (χ4v) is 3.80. The molecule has 1 atom stereocenters. The van der Waals surface area contributed by atoms with Gasteiger partial charge in [-0.15, -0.1) is 11.3 Å². The molecule has 3 rings (SSSR count). The van der Waals surface area contributed by atoms with E-state index in [0.29, 0.717) is 13.1 Å². The van der Waals surface area contributed by atoms with Crippen LogP contribution in [0.15, 0.2) is 35.8 Å². The number of nitrogens with zero attached hydrogens (tertiary/aromatic N) is 3. The standard InChI is InChI=1S/C18H23N3O2S/c1-14-17(24-13-19-14)18(23)21-9-5-8-20(10-11-21)12-16(22)15-6-3-2-4-7-15/h2-4,6-7,13,16,22H,5,8-12H2,1H3/t16-/m0/s1. The highest BCUT2D eigenvalue weighted by Gasteiger charge is 2.23. The summed E-state index contributed by atoms with van der Waals surface area (Å²) >= 11 is 1.41. The van der Waals surface area contributed by atoms with Crippen LogP contribution in [0.1, 0.15) is 33.5 Å². The molecule has 0 bridgehead atoms. The molecule has 0 saturated carbocycles. The Morgan fingerprint density at radius 3 is 2.75 bits per heavy atom. The number of aryl methyl sites for hydroxylation is 1. The van der Waals surface area contributed by atoms with Crippen molar-refractivity contribution in [1.29, 1.82) is 0 Å². The third-order valence-electron chi connectivity index (χ3n) is 4.43. The summed E-state index contributed by atoms with van der Waals surface area (Å²) < 4.78 is 0. The molecule has 1 aliphatic heterocycles. The Hall–Kier alpha value is -1.76. The number of amides is 1. The van der Waals surface area contributed by atoms with E-state index in [0.717, 1.165) is 42.2 Å². The van der Waals surface area contributed by atoms with Gasteiger partial charge in [0, 0.05) is 32.7 Å². The molecule has 0 unspecified atom stereocenters. The Kier molecular flexibility index (Phi) is 5.60. The smallest absolute Gasteiger partial charge is 0.265 e. The summed E-state index contributed by atoms with van der Waals surface area (Å²) in [5.74, 6) is 0.0838. The van der Waals surface area contributed by atoms with Crippen molar-refractivity contribution in [3.05, 3.63) is 52.0 Å². The van der Waals surface area contributed by atoms with E-state index in [1.165, 1.54) is 11.3 Å². The van der Waals surface area contributed by atoms with Crippen LogP contribution < -0.4 is 0 Å². The van der Waals surface area contributed by atoms with E-state index in [4.69, 9.17) is 0 Å². The van der Waals surface area contributed by atoms with Crippen LogP contribution in [0.2, 0.25) is 0 Å². The van der Waals surface area contributed by atoms with Gasteiger partial charge in [0.1, 0.15) is 4.88 Å². The largest absolute Gasteiger partial charge is 0.387 e. The fourth-order valence-electron chi connectivity index (χ4n) is 3.03. The molecular formula is C18H23N3O2S. The van der Waals surface area contributed by atoms with Gasteiger partial charge < -0.3 is 10.0 Å². The molecule has 0 spiro atoms. The van der Waals surface area contributed by atoms with Crippen molar-refractivity contribution in [1.82, 2.24) is 14.8 Å². The van der Waals surface area contributed by atoms with E-state index in [1.54, 1.807) is 5.51 Å². The predicted molar refractivity (Wildman–Crippen MR) is 95.2 cm³/mol. The minimum Gasteiger partial charge on any atom is -0.387 e. The Morgan fingerprint density at radius 2 is 2.04 bits per heavy atom. The summed E-state index contributed by atoms with van der Waals surface area (Å²) in [6.45, 7) is 5.62. The third kappa shape index (κ3) is 4.01. The van der Waals surface area contributed by atoms with E-state index >= 15 is 0 Å². The van der Waals surface area contributed by atoms with Crippen LogP contribution in [0, 0.1) is 6.92 Å². The first-order valence-corrected chi connectivity index (χ1v) is 9.18. The maximum Gasteiger partial charge on any atom is 0.265 e. The zero-order valence-electron chi connectivity index (χ0n) is 13.9. The zero-order valence-corrected chi connectivity index (χ0v) is 14.7. The number of thiazole rings is 1. The Morgan fingerprint density at radius 1 is 1.25 bits per heavy atom. The molecule has 1 aromatic heterocycles. The van der Waals surface area contributed by atoms with Crippen LogP contribution >= 0.6 is 11.3 Å². The Balaban J connectivity index is 1.57. The number of aliphatic hydroxyl groups excluding tert-OH is 1. The second-order valence-corrected chi connectivity index (χ2v) is 6.99. The molecule has 0 radical (unpaired) electrons. The minimum atomic E-state index is -0.489. The second-order valence-electron chi connectivity index (χ2n) is 6.14. The maximum absolute atomic E-state index is 12.6. The highest BCUT2D eigenvalue weighted by atomic mass is 32.1. The monoisotopic (exact) mass is 345 g/mol. The summed E-state index contributed by atoms with van der Waals surface area (Å²) in [6, 6.07) is 9.74. The SMILES string of the molecule is Cc1ncsc1C(=O)N1CCCN(C[C@H](O)c2ccccc2)CC1. The van der Waals surface area contributed by atoms with Gasteiger partial charge in [0.2, 0.25) is 0 Å². The third-order valence-corrected chi connectivity index (χ3v) is 5.35. The summed E-state index contributed by atoms with van der Waals surface area (Å²) in [4.78, 5) is 21.7. The molecule has 2 aromatic rings. The lowest BCUT2D eigenvalue weighted by Crippen LogP contribution is -2.36. The summed E-state index contributed by atoms with van der Waals surface area (Å²) in [5, 5.41) is 10.4. The zero-order chi connectivity index (χ0) is 16.9. The van der Waals surface area contributed by atoms with Crippen molar-refractivity contribution >= 4 is 17.2 Å². The first-order chi connectivity index (χ1) is 11.6. The lowest BCUT2D eigenvalue weighted by atomic mass is 10.1. The number of β-amino-alcohol motifs (C(OH)–C–C–N with tert-alkyl or cyclic N) is 1. The van der Waals surface area contributed by atoms with Crippen molar-refractivity contribution in [2.45, 2.75) is 19.4 Å². The van der Waals surface area contributed by atoms with Crippen molar-refractivity contribution in [3.8, 4) is 0 Å². The van der Waals surface area contributed by atoms with Crippen LogP contribution in [0.4, 0.5) is 0 Å². The Bertz CT molecular complexity index is 674. The normalized spacial score (nSPS) is 17.5. The van der Waals surface area contributed by atoms with E-state index < -0.39 is 6.10 Å². The fraction of sp³-hybridized carbons (Fsp3) is 0.444. The summed E-state index contributed by atoms with van der Waals surface area (Å²) in [5.41, 5.74) is 3.48. The lowest BCUT2D eigenvalue weighted by molar-refractivity contribution is 0.0758. The van der Waals surface area contributed by atoms with Crippen molar-refractivity contribution < 1.29 is 9.90 Å². The molecule has 128 valence electrons. The van der Waals surface area contributed by atoms with Crippen LogP contribution in [-0.4, -0.2) is 58.5 Å². The molecule has 24 heavy (non-hydrogen) atoms. The number of aliphatic hydroxyl groups is 1. The topological polar surface area (TPSA) is 56.7 Å². The quantitative estimate of drug-likeness (QED) is 0.924. The molecule has 1 saturated heterocycles. The molecule has 0 aliphatic carbocycles. The maximum atomic E-state index is 12.6. The number of benzene rings is 1. The molecule has 2 heterocycles. The van der Waals surface area contributed by atoms with Crippen molar-refractivity contribution in [2.24, 2.45) is 0 Å². The second kappa shape index (κ2) is 7.88. The molecule has 1 N–H and O–H groups in total. The van der Waals surface area contributed by atoms with Crippen LogP contribution in [0.3, 0.4) is 0 Å². The molecular weight excluding hydrogens is 322 g/mol. The van der Waals surface area contributed by atoms with Crippen LogP contribution in [0.25, 0.3) is 0 Å². The molecule has 1 amide bonds. The number of rotatable bonds is 4. The number of hydrogen-bond donors (Lipinski definition) is 1. The van der Waals surface area contributed by atoms with Gasteiger partial charge in [0.05, 0.1) is 17.3 Å². The van der Waals surface area contributed by atoms with E-state index in [1.807, 2.05) is 42.2 Å². The van der Waals surface area contributed by atoms with Gasteiger partial charge in [0.15, 0.2) is 0 Å². The molecule has 1 fully saturated rings. The lowest BCUT2D eigenvalue weighted by Gasteiger charge is -2.24. The van der Waals surface area contributed by atoms with Gasteiger partial charge >= 0.3 is 0 Å². The highest BCUT2D eigenvalue weighted by Crippen LogP contribution is 2.18. The van der Waals surface area contributed by atoms with Gasteiger partial charge in [0.25, 0.3) is 5.91 Å². The van der Waals surface area contributed by atoms with Gasteiger partial charge in [-0.2, -0.15) is 0 Å². The first kappa shape index (κ1) is 17.1. The first-order valence-electron chi connectivity index (χ1n) is 8.30. The molecule has 6 heteroatoms. The van der Waals surface area contributed by atoms with Gasteiger partial charge in [-0.1, -0.05) is 30.3 Å². The van der Waals surface area contributed by atoms with E-state index in [9.17, 15) is 9.90 Å². The molecule has 1 aromatic carbocycles. The van der Waals surface area contributed by atoms with Gasteiger partial charge in [-0.3, -0.25) is 9.69 Å². The van der Waals surface area contributed by atoms with Crippen molar-refractivity contribution in [3.63, 3.8) is 0 Å². The molecule has 5 nitrogen and oxygen atoms in total. The number of hydrogen-bond acceptors (Lipinski definition) is 5. The molecule has 1 aliphatic rings.